The molecular weight excluding hydrogens is 220 g/mol. The first kappa shape index (κ1) is 12.1. The van der Waals surface area contributed by atoms with Crippen molar-refractivity contribution >= 4 is 5.91 Å². The molecule has 0 aliphatic heterocycles. The van der Waals surface area contributed by atoms with Crippen LogP contribution in [0.4, 0.5) is 0 Å². The number of amides is 1. The highest BCUT2D eigenvalue weighted by Gasteiger charge is 2.28. The summed E-state index contributed by atoms with van der Waals surface area (Å²) in [5.41, 5.74) is 0.350. The van der Waals surface area contributed by atoms with Crippen LogP contribution in [0.25, 0.3) is 0 Å². The first-order valence-corrected chi connectivity index (χ1v) is 6.06. The SMILES string of the molecule is CC(CCO)CNC(=O)c1cc(C2CC2)on1. The summed E-state index contributed by atoms with van der Waals surface area (Å²) in [6, 6.07) is 1.73. The maximum atomic E-state index is 11.7. The van der Waals surface area contributed by atoms with Gasteiger partial charge in [0.2, 0.25) is 0 Å². The van der Waals surface area contributed by atoms with Crippen LogP contribution in [0.15, 0.2) is 10.6 Å². The topological polar surface area (TPSA) is 75.4 Å². The van der Waals surface area contributed by atoms with E-state index in [-0.39, 0.29) is 18.4 Å². The quantitative estimate of drug-likeness (QED) is 0.783. The second kappa shape index (κ2) is 5.31. The van der Waals surface area contributed by atoms with E-state index >= 15 is 0 Å². The minimum absolute atomic E-state index is 0.146. The van der Waals surface area contributed by atoms with Crippen LogP contribution in [0.1, 0.15) is 48.4 Å². The van der Waals surface area contributed by atoms with E-state index < -0.39 is 0 Å². The Morgan fingerprint density at radius 2 is 2.47 bits per heavy atom. The number of rotatable bonds is 6. The summed E-state index contributed by atoms with van der Waals surface area (Å²) in [6.45, 7) is 2.67. The number of hydrogen-bond donors (Lipinski definition) is 2. The summed E-state index contributed by atoms with van der Waals surface area (Å²) in [5, 5.41) is 15.3. The molecule has 1 heterocycles. The fourth-order valence-corrected chi connectivity index (χ4v) is 1.64. The molecule has 1 aliphatic rings. The summed E-state index contributed by atoms with van der Waals surface area (Å²) < 4.78 is 5.11. The Kier molecular flexibility index (Phi) is 3.78. The molecule has 0 aromatic carbocycles. The molecule has 5 heteroatoms. The van der Waals surface area contributed by atoms with Gasteiger partial charge in [0.1, 0.15) is 5.76 Å². The van der Waals surface area contributed by atoms with E-state index in [2.05, 4.69) is 10.5 Å². The normalized spacial score (nSPS) is 16.8. The zero-order valence-corrected chi connectivity index (χ0v) is 9.98. The van der Waals surface area contributed by atoms with Crippen LogP contribution >= 0.6 is 0 Å². The lowest BCUT2D eigenvalue weighted by Crippen LogP contribution is -2.28. The Balaban J connectivity index is 1.81. The van der Waals surface area contributed by atoms with Gasteiger partial charge in [-0.05, 0) is 25.2 Å². The van der Waals surface area contributed by atoms with Crippen LogP contribution in [0.5, 0.6) is 0 Å². The fourth-order valence-electron chi connectivity index (χ4n) is 1.64. The zero-order valence-electron chi connectivity index (χ0n) is 9.98. The van der Waals surface area contributed by atoms with Crippen molar-refractivity contribution in [3.8, 4) is 0 Å². The first-order valence-electron chi connectivity index (χ1n) is 6.06. The van der Waals surface area contributed by atoms with Gasteiger partial charge in [-0.25, -0.2) is 0 Å². The molecule has 2 rings (SSSR count). The largest absolute Gasteiger partial charge is 0.396 e. The molecule has 1 aromatic heterocycles. The Morgan fingerprint density at radius 3 is 3.12 bits per heavy atom. The second-order valence-corrected chi connectivity index (χ2v) is 4.72. The molecular formula is C12H18N2O3. The smallest absolute Gasteiger partial charge is 0.273 e. The first-order chi connectivity index (χ1) is 8.20. The van der Waals surface area contributed by atoms with Gasteiger partial charge in [0.05, 0.1) is 0 Å². The molecule has 1 saturated carbocycles. The molecule has 1 fully saturated rings. The molecule has 17 heavy (non-hydrogen) atoms. The summed E-state index contributed by atoms with van der Waals surface area (Å²) >= 11 is 0. The van der Waals surface area contributed by atoms with E-state index in [1.807, 2.05) is 6.92 Å². The van der Waals surface area contributed by atoms with Gasteiger partial charge in [-0.1, -0.05) is 12.1 Å². The van der Waals surface area contributed by atoms with Crippen LogP contribution in [-0.4, -0.2) is 29.3 Å². The molecule has 1 amide bonds. The lowest BCUT2D eigenvalue weighted by atomic mass is 10.1. The summed E-state index contributed by atoms with van der Waals surface area (Å²) in [4.78, 5) is 11.7. The maximum Gasteiger partial charge on any atom is 0.273 e. The van der Waals surface area contributed by atoms with E-state index in [0.717, 1.165) is 18.6 Å². The Hall–Kier alpha value is -1.36. The second-order valence-electron chi connectivity index (χ2n) is 4.72. The third-order valence-corrected chi connectivity index (χ3v) is 2.97. The van der Waals surface area contributed by atoms with Gasteiger partial charge in [0.15, 0.2) is 5.69 Å². The monoisotopic (exact) mass is 238 g/mol. The average molecular weight is 238 g/mol. The molecule has 2 N–H and O–H groups in total. The molecule has 0 radical (unpaired) electrons. The van der Waals surface area contributed by atoms with Gasteiger partial charge in [-0.2, -0.15) is 0 Å². The molecule has 5 nitrogen and oxygen atoms in total. The predicted molar refractivity (Wildman–Crippen MR) is 61.7 cm³/mol. The van der Waals surface area contributed by atoms with Crippen molar-refractivity contribution in [1.29, 1.82) is 0 Å². The number of carbonyl (C=O) groups excluding carboxylic acids is 1. The van der Waals surface area contributed by atoms with Gasteiger partial charge < -0.3 is 14.9 Å². The minimum atomic E-state index is -0.203. The number of aromatic nitrogens is 1. The third-order valence-electron chi connectivity index (χ3n) is 2.97. The van der Waals surface area contributed by atoms with Gasteiger partial charge in [-0.15, -0.1) is 0 Å². The minimum Gasteiger partial charge on any atom is -0.396 e. The molecule has 1 aliphatic carbocycles. The van der Waals surface area contributed by atoms with Gasteiger partial charge in [0.25, 0.3) is 5.91 Å². The van der Waals surface area contributed by atoms with E-state index in [9.17, 15) is 4.79 Å². The van der Waals surface area contributed by atoms with E-state index in [0.29, 0.717) is 24.6 Å². The average Bonchev–Trinajstić information content (AvgIpc) is 3.05. The Morgan fingerprint density at radius 1 is 1.71 bits per heavy atom. The Labute approximate surface area is 100 Å². The molecule has 1 unspecified atom stereocenters. The number of aliphatic hydroxyl groups excluding tert-OH is 1. The Bertz CT molecular complexity index is 385. The lowest BCUT2D eigenvalue weighted by molar-refractivity contribution is 0.0936. The highest BCUT2D eigenvalue weighted by atomic mass is 16.5. The zero-order chi connectivity index (χ0) is 12.3. The molecule has 0 spiro atoms. The van der Waals surface area contributed by atoms with Crippen LogP contribution in [0.2, 0.25) is 0 Å². The summed E-state index contributed by atoms with van der Waals surface area (Å²) in [6.07, 6.45) is 2.94. The van der Waals surface area contributed by atoms with Crippen molar-refractivity contribution in [3.63, 3.8) is 0 Å². The van der Waals surface area contributed by atoms with Crippen LogP contribution in [0.3, 0.4) is 0 Å². The van der Waals surface area contributed by atoms with Gasteiger partial charge in [-0.3, -0.25) is 4.79 Å². The van der Waals surface area contributed by atoms with Crippen LogP contribution in [-0.2, 0) is 0 Å². The van der Waals surface area contributed by atoms with Crippen molar-refractivity contribution < 1.29 is 14.4 Å². The third kappa shape index (κ3) is 3.30. The van der Waals surface area contributed by atoms with Gasteiger partial charge >= 0.3 is 0 Å². The summed E-state index contributed by atoms with van der Waals surface area (Å²) in [5.74, 6) is 1.35. The van der Waals surface area contributed by atoms with Crippen molar-refractivity contribution in [2.75, 3.05) is 13.2 Å². The molecule has 0 saturated heterocycles. The highest BCUT2D eigenvalue weighted by Crippen LogP contribution is 2.40. The predicted octanol–water partition coefficient (Wildman–Crippen LogP) is 1.30. The standard InChI is InChI=1S/C12H18N2O3/c1-8(4-5-15)7-13-12(16)10-6-11(17-14-10)9-2-3-9/h6,8-9,15H,2-5,7H2,1H3,(H,13,16). The van der Waals surface area contributed by atoms with Crippen LogP contribution in [0, 0.1) is 5.92 Å². The molecule has 94 valence electrons. The van der Waals surface area contributed by atoms with E-state index in [4.69, 9.17) is 9.63 Å². The van der Waals surface area contributed by atoms with Crippen molar-refractivity contribution in [2.45, 2.75) is 32.1 Å². The fraction of sp³-hybridized carbons (Fsp3) is 0.667. The molecule has 1 aromatic rings. The number of hydrogen-bond acceptors (Lipinski definition) is 4. The van der Waals surface area contributed by atoms with Crippen molar-refractivity contribution in [1.82, 2.24) is 10.5 Å². The molecule has 1 atom stereocenters. The van der Waals surface area contributed by atoms with E-state index in [1.54, 1.807) is 6.07 Å². The van der Waals surface area contributed by atoms with E-state index in [1.165, 1.54) is 0 Å². The maximum absolute atomic E-state index is 11.7. The number of aliphatic hydroxyl groups is 1. The lowest BCUT2D eigenvalue weighted by Gasteiger charge is -2.09. The van der Waals surface area contributed by atoms with Crippen LogP contribution < -0.4 is 5.32 Å². The van der Waals surface area contributed by atoms with Crippen molar-refractivity contribution in [2.24, 2.45) is 5.92 Å². The number of nitrogens with one attached hydrogen (secondary N) is 1. The molecule has 0 bridgehead atoms. The number of carbonyl (C=O) groups is 1. The number of nitrogens with zero attached hydrogens (tertiary/aromatic N) is 1. The summed E-state index contributed by atoms with van der Waals surface area (Å²) in [7, 11) is 0. The van der Waals surface area contributed by atoms with Gasteiger partial charge in [0, 0.05) is 25.1 Å². The van der Waals surface area contributed by atoms with Crippen molar-refractivity contribution in [3.05, 3.63) is 17.5 Å². The highest BCUT2D eigenvalue weighted by molar-refractivity contribution is 5.92.